The molecule has 9 nitrogen and oxygen atoms in total. The van der Waals surface area contributed by atoms with Gasteiger partial charge in [-0.2, -0.15) is 0 Å². The van der Waals surface area contributed by atoms with E-state index in [1.54, 1.807) is 30.0 Å². The molecule has 0 unspecified atom stereocenters. The van der Waals surface area contributed by atoms with Gasteiger partial charge < -0.3 is 19.1 Å². The minimum atomic E-state index is -0.822. The second-order valence-electron chi connectivity index (χ2n) is 9.44. The van der Waals surface area contributed by atoms with Crippen molar-refractivity contribution < 1.29 is 23.8 Å². The molecule has 0 radical (unpaired) electrons. The third kappa shape index (κ3) is 3.98. The van der Waals surface area contributed by atoms with Crippen molar-refractivity contribution in [3.63, 3.8) is 0 Å². The summed E-state index contributed by atoms with van der Waals surface area (Å²) in [6.07, 6.45) is 2.90. The Morgan fingerprint density at radius 1 is 1.18 bits per heavy atom. The molecular weight excluding hydrogens is 530 g/mol. The third-order valence-electron chi connectivity index (χ3n) is 7.04. The van der Waals surface area contributed by atoms with Crippen LogP contribution in [0, 0.1) is 0 Å². The number of carbonyl (C=O) groups excluding carboxylic acids is 2. The van der Waals surface area contributed by atoms with Crippen molar-refractivity contribution >= 4 is 34.5 Å². The quantitative estimate of drug-likeness (QED) is 0.327. The predicted molar refractivity (Wildman–Crippen MR) is 150 cm³/mol. The zero-order valence-electron chi connectivity index (χ0n) is 22.1. The van der Waals surface area contributed by atoms with Crippen LogP contribution in [0.4, 0.5) is 5.69 Å². The molecule has 0 saturated carbocycles. The van der Waals surface area contributed by atoms with E-state index in [1.165, 1.54) is 4.57 Å². The second-order valence-corrected chi connectivity index (χ2v) is 10.4. The summed E-state index contributed by atoms with van der Waals surface area (Å²) < 4.78 is 18.3. The normalized spacial score (nSPS) is 18.4. The van der Waals surface area contributed by atoms with Gasteiger partial charge in [-0.3, -0.25) is 14.2 Å². The van der Waals surface area contributed by atoms with Gasteiger partial charge >= 0.3 is 5.97 Å². The topological polar surface area (TPSA) is 99.4 Å². The molecule has 3 aromatic rings. The Morgan fingerprint density at radius 3 is 2.75 bits per heavy atom. The summed E-state index contributed by atoms with van der Waals surface area (Å²) in [7, 11) is 0. The van der Waals surface area contributed by atoms with E-state index in [-0.39, 0.29) is 23.8 Å². The van der Waals surface area contributed by atoms with Crippen molar-refractivity contribution in [3.8, 4) is 11.5 Å². The number of rotatable bonds is 7. The number of amides is 1. The lowest BCUT2D eigenvalue weighted by molar-refractivity contribution is -0.139. The number of ether oxygens (including phenoxy) is 3. The number of allylic oxidation sites excluding steroid dienone is 1. The molecule has 10 heteroatoms. The molecule has 1 atom stereocenters. The average molecular weight is 558 g/mol. The molecule has 3 aliphatic rings. The Bertz CT molecular complexity index is 1780. The largest absolute Gasteiger partial charge is 0.463 e. The van der Waals surface area contributed by atoms with Crippen molar-refractivity contribution in [2.45, 2.75) is 32.7 Å². The summed E-state index contributed by atoms with van der Waals surface area (Å²) >= 11 is 1.16. The van der Waals surface area contributed by atoms with E-state index in [4.69, 9.17) is 19.2 Å². The fourth-order valence-corrected chi connectivity index (χ4v) is 6.49. The molecule has 4 heterocycles. The maximum atomic E-state index is 14.3. The van der Waals surface area contributed by atoms with Crippen LogP contribution in [0.1, 0.15) is 43.9 Å². The molecule has 40 heavy (non-hydrogen) atoms. The summed E-state index contributed by atoms with van der Waals surface area (Å²) in [5.74, 6) is 0.308. The number of nitrogens with zero attached hydrogens (tertiary/aromatic N) is 3. The van der Waals surface area contributed by atoms with Gasteiger partial charge in [0, 0.05) is 12.1 Å². The molecule has 6 rings (SSSR count). The smallest absolute Gasteiger partial charge is 0.338 e. The standard InChI is InChI=1S/C30H27N3O6S/c1-4-9-19-24(29(36)37-6-3)25(17-12-13-21-22(15-17)39-16-38-21)33-28(35)26(40-30(33)31-19)23-18-10-7-8-11-20(18)32(14-5-2)27(23)34/h5,7-8,10-13,15,25H,2,4,6,9,14,16H2,1,3H3/b26-23+/t25-/m0/s1. The van der Waals surface area contributed by atoms with Crippen LogP contribution in [-0.4, -0.2) is 36.4 Å². The molecule has 0 fully saturated rings. The number of hydrogen-bond donors (Lipinski definition) is 0. The maximum absolute atomic E-state index is 14.3. The van der Waals surface area contributed by atoms with Crippen molar-refractivity contribution in [1.29, 1.82) is 0 Å². The Hall–Kier alpha value is -4.44. The van der Waals surface area contributed by atoms with E-state index in [2.05, 4.69) is 6.58 Å². The number of hydrogen-bond acceptors (Lipinski definition) is 8. The highest BCUT2D eigenvalue weighted by molar-refractivity contribution is 7.07. The first-order valence-electron chi connectivity index (χ1n) is 13.1. The summed E-state index contributed by atoms with van der Waals surface area (Å²) in [6.45, 7) is 8.10. The van der Waals surface area contributed by atoms with Gasteiger partial charge in [-0.1, -0.05) is 55.0 Å². The van der Waals surface area contributed by atoms with Crippen LogP contribution in [0.5, 0.6) is 11.5 Å². The number of aromatic nitrogens is 1. The van der Waals surface area contributed by atoms with E-state index in [1.807, 2.05) is 37.3 Å². The first-order valence-corrected chi connectivity index (χ1v) is 14.0. The van der Waals surface area contributed by atoms with Crippen LogP contribution in [0.2, 0.25) is 0 Å². The van der Waals surface area contributed by atoms with E-state index < -0.39 is 17.6 Å². The molecule has 0 spiro atoms. The number of carbonyl (C=O) groups is 2. The van der Waals surface area contributed by atoms with Crippen molar-refractivity contribution in [2.75, 3.05) is 24.8 Å². The molecule has 0 bridgehead atoms. The SMILES string of the molecule is C=CCN1C(=O)/C(=c2/sc3n(c2=O)[C@@H](c2ccc4c(c2)OCO4)C(C(=O)OCC)=C(CCC)N=3)c2ccccc21. The fraction of sp³-hybridized carbons (Fsp3) is 0.267. The van der Waals surface area contributed by atoms with E-state index in [9.17, 15) is 14.4 Å². The zero-order valence-corrected chi connectivity index (χ0v) is 23.0. The van der Waals surface area contributed by atoms with Gasteiger partial charge in [-0.15, -0.1) is 6.58 Å². The second kappa shape index (κ2) is 10.3. The zero-order chi connectivity index (χ0) is 28.0. The highest BCUT2D eigenvalue weighted by Gasteiger charge is 2.38. The number of thiazole rings is 1. The van der Waals surface area contributed by atoms with Crippen LogP contribution in [0.25, 0.3) is 5.57 Å². The summed E-state index contributed by atoms with van der Waals surface area (Å²) in [6, 6.07) is 11.9. The van der Waals surface area contributed by atoms with Crippen LogP contribution in [0.3, 0.4) is 0 Å². The fourth-order valence-electron chi connectivity index (χ4n) is 5.38. The predicted octanol–water partition coefficient (Wildman–Crippen LogP) is 3.21. The van der Waals surface area contributed by atoms with Gasteiger partial charge in [-0.05, 0) is 37.1 Å². The molecule has 2 aromatic carbocycles. The van der Waals surface area contributed by atoms with Crippen molar-refractivity contribution in [3.05, 3.63) is 97.2 Å². The lowest BCUT2D eigenvalue weighted by Gasteiger charge is -2.25. The molecule has 0 N–H and O–H groups in total. The Kier molecular flexibility index (Phi) is 6.63. The van der Waals surface area contributed by atoms with Gasteiger partial charge in [0.15, 0.2) is 16.3 Å². The number of para-hydroxylation sites is 1. The summed E-state index contributed by atoms with van der Waals surface area (Å²) in [5, 5.41) is 0. The summed E-state index contributed by atoms with van der Waals surface area (Å²) in [5.41, 5.74) is 2.84. The van der Waals surface area contributed by atoms with Gasteiger partial charge in [-0.25, -0.2) is 9.79 Å². The molecule has 3 aliphatic heterocycles. The first kappa shape index (κ1) is 25.8. The number of anilines is 1. The highest BCUT2D eigenvalue weighted by Crippen LogP contribution is 2.39. The van der Waals surface area contributed by atoms with E-state index in [0.29, 0.717) is 57.2 Å². The molecule has 0 saturated heterocycles. The minimum Gasteiger partial charge on any atom is -0.463 e. The monoisotopic (exact) mass is 557 g/mol. The Labute approximate surface area is 233 Å². The lowest BCUT2D eigenvalue weighted by Crippen LogP contribution is -2.41. The average Bonchev–Trinajstić information content (AvgIpc) is 3.62. The van der Waals surface area contributed by atoms with Crippen LogP contribution in [-0.2, 0) is 14.3 Å². The number of benzene rings is 2. The van der Waals surface area contributed by atoms with E-state index in [0.717, 1.165) is 23.4 Å². The molecule has 0 aliphatic carbocycles. The minimum absolute atomic E-state index is 0.0926. The molecular formula is C30H27N3O6S. The lowest BCUT2D eigenvalue weighted by atomic mass is 9.94. The third-order valence-corrected chi connectivity index (χ3v) is 8.10. The van der Waals surface area contributed by atoms with Gasteiger partial charge in [0.05, 0.1) is 35.2 Å². The number of esters is 1. The number of fused-ring (bicyclic) bond motifs is 3. The molecule has 1 amide bonds. The Morgan fingerprint density at radius 2 is 1.98 bits per heavy atom. The van der Waals surface area contributed by atoms with E-state index >= 15 is 0 Å². The summed E-state index contributed by atoms with van der Waals surface area (Å²) in [4.78, 5) is 48.2. The molecule has 204 valence electrons. The van der Waals surface area contributed by atoms with Gasteiger partial charge in [0.2, 0.25) is 6.79 Å². The van der Waals surface area contributed by atoms with Crippen LogP contribution < -0.4 is 29.3 Å². The Balaban J connectivity index is 1.65. The molecule has 1 aromatic heterocycles. The van der Waals surface area contributed by atoms with Crippen molar-refractivity contribution in [2.24, 2.45) is 4.99 Å². The van der Waals surface area contributed by atoms with Gasteiger partial charge in [0.25, 0.3) is 11.5 Å². The maximum Gasteiger partial charge on any atom is 0.338 e. The van der Waals surface area contributed by atoms with Gasteiger partial charge in [0.1, 0.15) is 4.53 Å². The highest BCUT2D eigenvalue weighted by atomic mass is 32.1. The van der Waals surface area contributed by atoms with Crippen LogP contribution >= 0.6 is 11.3 Å². The first-order chi connectivity index (χ1) is 19.5. The van der Waals surface area contributed by atoms with Crippen LogP contribution in [0.15, 0.2) is 76.2 Å². The van der Waals surface area contributed by atoms with Crippen molar-refractivity contribution in [1.82, 2.24) is 4.57 Å².